The van der Waals surface area contributed by atoms with Gasteiger partial charge in [-0.05, 0) is 38.0 Å². The number of carbonyl (C=O) groups excluding carboxylic acids is 1. The van der Waals surface area contributed by atoms with Crippen LogP contribution in [0.4, 0.5) is 0 Å². The quantitative estimate of drug-likeness (QED) is 0.761. The van der Waals surface area contributed by atoms with Crippen molar-refractivity contribution in [2.45, 2.75) is 52.9 Å². The Bertz CT molecular complexity index is 203. The van der Waals surface area contributed by atoms with Crippen molar-refractivity contribution >= 4 is 5.91 Å². The van der Waals surface area contributed by atoms with Gasteiger partial charge in [-0.25, -0.2) is 0 Å². The van der Waals surface area contributed by atoms with E-state index < -0.39 is 0 Å². The van der Waals surface area contributed by atoms with Crippen molar-refractivity contribution in [3.8, 4) is 0 Å². The van der Waals surface area contributed by atoms with Crippen molar-refractivity contribution in [3.05, 3.63) is 0 Å². The third-order valence-corrected chi connectivity index (χ3v) is 3.60. The number of hydrogen-bond donors (Lipinski definition) is 1. The van der Waals surface area contributed by atoms with Crippen molar-refractivity contribution in [1.29, 1.82) is 0 Å². The highest BCUT2D eigenvalue weighted by atomic mass is 16.1. The fraction of sp³-hybridized carbons (Fsp3) is 0.923. The van der Waals surface area contributed by atoms with Gasteiger partial charge in [-0.1, -0.05) is 26.7 Å². The number of carbonyl (C=O) groups is 1. The van der Waals surface area contributed by atoms with E-state index in [0.717, 1.165) is 18.9 Å². The summed E-state index contributed by atoms with van der Waals surface area (Å²) >= 11 is 0. The highest BCUT2D eigenvalue weighted by Gasteiger charge is 2.32. The van der Waals surface area contributed by atoms with E-state index in [1.807, 2.05) is 6.92 Å². The number of amides is 1. The first-order valence-electron chi connectivity index (χ1n) is 6.46. The Morgan fingerprint density at radius 1 is 1.33 bits per heavy atom. The zero-order valence-corrected chi connectivity index (χ0v) is 10.4. The molecule has 0 aromatic heterocycles. The summed E-state index contributed by atoms with van der Waals surface area (Å²) < 4.78 is 0. The van der Waals surface area contributed by atoms with Crippen LogP contribution in [0.2, 0.25) is 0 Å². The zero-order chi connectivity index (χ0) is 11.3. The van der Waals surface area contributed by atoms with Crippen LogP contribution in [0.15, 0.2) is 0 Å². The molecule has 1 fully saturated rings. The molecular weight excluding hydrogens is 186 g/mol. The Morgan fingerprint density at radius 3 is 2.67 bits per heavy atom. The number of rotatable bonds is 4. The Labute approximate surface area is 93.8 Å². The Hall–Kier alpha value is -0.530. The molecule has 0 aromatic carbocycles. The molecule has 1 aliphatic carbocycles. The van der Waals surface area contributed by atoms with Crippen molar-refractivity contribution in [3.63, 3.8) is 0 Å². The van der Waals surface area contributed by atoms with Crippen LogP contribution in [-0.2, 0) is 4.79 Å². The van der Waals surface area contributed by atoms with Gasteiger partial charge in [-0.15, -0.1) is 0 Å². The highest BCUT2D eigenvalue weighted by molar-refractivity contribution is 5.79. The van der Waals surface area contributed by atoms with E-state index in [9.17, 15) is 4.79 Å². The standard InChI is InChI=1S/C13H25NO/c1-4-6-11-8-7-10(3)9-12(11)13(15)14-5-2/h10-12H,4-9H2,1-3H3,(H,14,15). The first-order chi connectivity index (χ1) is 7.19. The molecule has 2 heteroatoms. The lowest BCUT2D eigenvalue weighted by atomic mass is 9.72. The van der Waals surface area contributed by atoms with E-state index in [4.69, 9.17) is 0 Å². The molecule has 0 spiro atoms. The zero-order valence-electron chi connectivity index (χ0n) is 10.4. The maximum atomic E-state index is 11.9. The first kappa shape index (κ1) is 12.5. The average molecular weight is 211 g/mol. The molecule has 0 radical (unpaired) electrons. The largest absolute Gasteiger partial charge is 0.356 e. The summed E-state index contributed by atoms with van der Waals surface area (Å²) in [5, 5.41) is 2.99. The van der Waals surface area contributed by atoms with E-state index in [0.29, 0.717) is 11.8 Å². The summed E-state index contributed by atoms with van der Waals surface area (Å²) in [5.41, 5.74) is 0. The predicted octanol–water partition coefficient (Wildman–Crippen LogP) is 2.98. The smallest absolute Gasteiger partial charge is 0.223 e. The lowest BCUT2D eigenvalue weighted by Gasteiger charge is -2.33. The normalized spacial score (nSPS) is 31.3. The highest BCUT2D eigenvalue weighted by Crippen LogP contribution is 2.36. The molecule has 3 unspecified atom stereocenters. The molecule has 1 N–H and O–H groups in total. The SMILES string of the molecule is CCCC1CCC(C)CC1C(=O)NCC. The monoisotopic (exact) mass is 211 g/mol. The third kappa shape index (κ3) is 3.51. The van der Waals surface area contributed by atoms with Crippen LogP contribution in [0, 0.1) is 17.8 Å². The fourth-order valence-corrected chi connectivity index (χ4v) is 2.79. The summed E-state index contributed by atoms with van der Waals surface area (Å²) in [6, 6.07) is 0. The van der Waals surface area contributed by atoms with Crippen molar-refractivity contribution in [2.75, 3.05) is 6.54 Å². The van der Waals surface area contributed by atoms with Gasteiger partial charge in [-0.3, -0.25) is 4.79 Å². The lowest BCUT2D eigenvalue weighted by molar-refractivity contribution is -0.128. The maximum Gasteiger partial charge on any atom is 0.223 e. The summed E-state index contributed by atoms with van der Waals surface area (Å²) in [6.45, 7) is 7.25. The molecule has 0 aliphatic heterocycles. The van der Waals surface area contributed by atoms with Crippen molar-refractivity contribution in [1.82, 2.24) is 5.32 Å². The first-order valence-corrected chi connectivity index (χ1v) is 6.46. The van der Waals surface area contributed by atoms with Crippen LogP contribution in [-0.4, -0.2) is 12.5 Å². The van der Waals surface area contributed by atoms with Gasteiger partial charge in [0.25, 0.3) is 0 Å². The van der Waals surface area contributed by atoms with E-state index in [2.05, 4.69) is 19.2 Å². The van der Waals surface area contributed by atoms with Gasteiger partial charge < -0.3 is 5.32 Å². The summed E-state index contributed by atoms with van der Waals surface area (Å²) in [4.78, 5) is 11.9. The van der Waals surface area contributed by atoms with Gasteiger partial charge in [0, 0.05) is 12.5 Å². The van der Waals surface area contributed by atoms with Crippen LogP contribution >= 0.6 is 0 Å². The van der Waals surface area contributed by atoms with Crippen LogP contribution < -0.4 is 5.32 Å². The molecule has 1 aliphatic rings. The molecule has 2 nitrogen and oxygen atoms in total. The molecule has 0 aromatic rings. The Morgan fingerprint density at radius 2 is 2.07 bits per heavy atom. The Balaban J connectivity index is 2.56. The van der Waals surface area contributed by atoms with E-state index >= 15 is 0 Å². The molecular formula is C13H25NO. The van der Waals surface area contributed by atoms with Gasteiger partial charge in [0.05, 0.1) is 0 Å². The average Bonchev–Trinajstić information content (AvgIpc) is 2.21. The second kappa shape index (κ2) is 6.14. The summed E-state index contributed by atoms with van der Waals surface area (Å²) in [6.07, 6.45) is 6.07. The Kier molecular flexibility index (Phi) is 5.13. The molecule has 1 rings (SSSR count). The van der Waals surface area contributed by atoms with Crippen LogP contribution in [0.5, 0.6) is 0 Å². The fourth-order valence-electron chi connectivity index (χ4n) is 2.79. The molecule has 1 amide bonds. The molecule has 0 saturated heterocycles. The van der Waals surface area contributed by atoms with E-state index in [1.54, 1.807) is 0 Å². The number of hydrogen-bond acceptors (Lipinski definition) is 1. The molecule has 88 valence electrons. The van der Waals surface area contributed by atoms with Crippen LogP contribution in [0.1, 0.15) is 52.9 Å². The molecule has 0 bridgehead atoms. The minimum absolute atomic E-state index is 0.286. The van der Waals surface area contributed by atoms with Crippen LogP contribution in [0.3, 0.4) is 0 Å². The minimum Gasteiger partial charge on any atom is -0.356 e. The second-order valence-electron chi connectivity index (χ2n) is 4.97. The molecule has 1 saturated carbocycles. The predicted molar refractivity (Wildman–Crippen MR) is 63.6 cm³/mol. The summed E-state index contributed by atoms with van der Waals surface area (Å²) in [5.74, 6) is 1.94. The second-order valence-corrected chi connectivity index (χ2v) is 4.97. The molecule has 3 atom stereocenters. The van der Waals surface area contributed by atoms with Crippen molar-refractivity contribution in [2.24, 2.45) is 17.8 Å². The van der Waals surface area contributed by atoms with Crippen molar-refractivity contribution < 1.29 is 4.79 Å². The van der Waals surface area contributed by atoms with E-state index in [-0.39, 0.29) is 5.92 Å². The third-order valence-electron chi connectivity index (χ3n) is 3.60. The maximum absolute atomic E-state index is 11.9. The number of nitrogens with one attached hydrogen (secondary N) is 1. The summed E-state index contributed by atoms with van der Waals surface area (Å²) in [7, 11) is 0. The van der Waals surface area contributed by atoms with Gasteiger partial charge in [0.2, 0.25) is 5.91 Å². The molecule has 0 heterocycles. The molecule has 15 heavy (non-hydrogen) atoms. The van der Waals surface area contributed by atoms with E-state index in [1.165, 1.54) is 25.7 Å². The van der Waals surface area contributed by atoms with Gasteiger partial charge in [0.1, 0.15) is 0 Å². The lowest BCUT2D eigenvalue weighted by Crippen LogP contribution is -2.38. The van der Waals surface area contributed by atoms with Gasteiger partial charge in [0.15, 0.2) is 0 Å². The minimum atomic E-state index is 0.286. The van der Waals surface area contributed by atoms with Gasteiger partial charge in [-0.2, -0.15) is 0 Å². The topological polar surface area (TPSA) is 29.1 Å². The van der Waals surface area contributed by atoms with Crippen LogP contribution in [0.25, 0.3) is 0 Å². The van der Waals surface area contributed by atoms with Gasteiger partial charge >= 0.3 is 0 Å².